The topological polar surface area (TPSA) is 32.3 Å². The summed E-state index contributed by atoms with van der Waals surface area (Å²) in [5.41, 5.74) is -0.0547. The van der Waals surface area contributed by atoms with E-state index in [-0.39, 0.29) is 11.9 Å². The number of carbonyl (C=O) groups is 1. The van der Waals surface area contributed by atoms with E-state index >= 15 is 0 Å². The summed E-state index contributed by atoms with van der Waals surface area (Å²) < 4.78 is 38.0. The molecule has 3 nitrogen and oxygen atoms in total. The first-order valence-electron chi connectivity index (χ1n) is 7.21. The Morgan fingerprint density at radius 2 is 2.23 bits per heavy atom. The molecular formula is C16H19F3N2O. The van der Waals surface area contributed by atoms with Crippen molar-refractivity contribution < 1.29 is 18.0 Å². The number of benzene rings is 1. The lowest BCUT2D eigenvalue weighted by Crippen LogP contribution is -2.47. The van der Waals surface area contributed by atoms with Gasteiger partial charge in [-0.1, -0.05) is 24.8 Å². The van der Waals surface area contributed by atoms with Crippen molar-refractivity contribution >= 4 is 5.91 Å². The van der Waals surface area contributed by atoms with Gasteiger partial charge in [-0.05, 0) is 30.5 Å². The van der Waals surface area contributed by atoms with Gasteiger partial charge in [-0.2, -0.15) is 13.2 Å². The lowest BCUT2D eigenvalue weighted by Gasteiger charge is -2.32. The molecule has 2 rings (SSSR count). The Bertz CT molecular complexity index is 542. The summed E-state index contributed by atoms with van der Waals surface area (Å²) in [6.45, 7) is 5.08. The number of carbonyl (C=O) groups excluding carboxylic acids is 1. The lowest BCUT2D eigenvalue weighted by atomic mass is 10.0. The second-order valence-electron chi connectivity index (χ2n) is 5.41. The molecule has 0 bridgehead atoms. The van der Waals surface area contributed by atoms with Gasteiger partial charge in [-0.15, -0.1) is 0 Å². The molecule has 1 aromatic carbocycles. The van der Waals surface area contributed by atoms with Crippen molar-refractivity contribution in [2.45, 2.75) is 31.6 Å². The van der Waals surface area contributed by atoms with Crippen LogP contribution in [0, 0.1) is 0 Å². The highest BCUT2D eigenvalue weighted by Gasteiger charge is 2.30. The number of hydrogen-bond donors (Lipinski definition) is 1. The Balaban J connectivity index is 1.93. The van der Waals surface area contributed by atoms with Crippen LogP contribution < -0.4 is 5.32 Å². The molecule has 1 heterocycles. The summed E-state index contributed by atoms with van der Waals surface area (Å²) in [5, 5.41) is 3.23. The van der Waals surface area contributed by atoms with Crippen molar-refractivity contribution in [3.63, 3.8) is 0 Å². The minimum absolute atomic E-state index is 0.0900. The largest absolute Gasteiger partial charge is 0.416 e. The van der Waals surface area contributed by atoms with Crippen molar-refractivity contribution in [3.05, 3.63) is 48.0 Å². The van der Waals surface area contributed by atoms with Crippen LogP contribution in [-0.4, -0.2) is 29.9 Å². The molecule has 0 saturated carbocycles. The van der Waals surface area contributed by atoms with Gasteiger partial charge in [0.1, 0.15) is 0 Å². The normalized spacial score (nSPS) is 19.0. The van der Waals surface area contributed by atoms with E-state index in [0.717, 1.165) is 25.0 Å². The molecule has 0 aliphatic carbocycles. The van der Waals surface area contributed by atoms with Crippen LogP contribution in [0.1, 0.15) is 24.0 Å². The van der Waals surface area contributed by atoms with E-state index in [1.807, 2.05) is 0 Å². The van der Waals surface area contributed by atoms with Gasteiger partial charge in [-0.25, -0.2) is 0 Å². The molecule has 1 aliphatic heterocycles. The van der Waals surface area contributed by atoms with Gasteiger partial charge in [0.15, 0.2) is 0 Å². The Kier molecular flexibility index (Phi) is 5.24. The molecular weight excluding hydrogens is 293 g/mol. The molecule has 1 atom stereocenters. The molecule has 0 aromatic heterocycles. The fourth-order valence-corrected chi connectivity index (χ4v) is 2.59. The summed E-state index contributed by atoms with van der Waals surface area (Å²) in [7, 11) is 0. The predicted octanol–water partition coefficient (Wildman–Crippen LogP) is 2.97. The van der Waals surface area contributed by atoms with Crippen molar-refractivity contribution in [2.75, 3.05) is 13.1 Å². The molecule has 0 spiro atoms. The zero-order valence-corrected chi connectivity index (χ0v) is 12.2. The molecule has 120 valence electrons. The average molecular weight is 312 g/mol. The van der Waals surface area contributed by atoms with Crippen LogP contribution in [0.5, 0.6) is 0 Å². The van der Waals surface area contributed by atoms with Gasteiger partial charge < -0.3 is 10.2 Å². The van der Waals surface area contributed by atoms with Crippen molar-refractivity contribution in [2.24, 2.45) is 0 Å². The number of piperidine rings is 1. The van der Waals surface area contributed by atoms with E-state index < -0.39 is 11.7 Å². The molecule has 1 fully saturated rings. The van der Waals surface area contributed by atoms with E-state index in [9.17, 15) is 18.0 Å². The molecule has 1 aromatic rings. The highest BCUT2D eigenvalue weighted by Crippen LogP contribution is 2.29. The first-order chi connectivity index (χ1) is 10.4. The molecule has 22 heavy (non-hydrogen) atoms. The van der Waals surface area contributed by atoms with Gasteiger partial charge in [0.25, 0.3) is 0 Å². The summed E-state index contributed by atoms with van der Waals surface area (Å²) in [5.74, 6) is -0.106. The molecule has 0 radical (unpaired) electrons. The average Bonchev–Trinajstić information content (AvgIpc) is 2.52. The SMILES string of the molecule is C=CC(=O)N1CCCC(NCc2cccc(C(F)(F)F)c2)C1. The molecule has 1 N–H and O–H groups in total. The minimum Gasteiger partial charge on any atom is -0.338 e. The van der Waals surface area contributed by atoms with Crippen LogP contribution in [-0.2, 0) is 17.5 Å². The first kappa shape index (κ1) is 16.5. The van der Waals surface area contributed by atoms with Crippen LogP contribution in [0.3, 0.4) is 0 Å². The lowest BCUT2D eigenvalue weighted by molar-refractivity contribution is -0.137. The first-order valence-corrected chi connectivity index (χ1v) is 7.21. The Morgan fingerprint density at radius 1 is 1.45 bits per heavy atom. The number of amides is 1. The number of rotatable bonds is 4. The summed E-state index contributed by atoms with van der Waals surface area (Å²) in [6.07, 6.45) is -1.26. The molecule has 1 saturated heterocycles. The standard InChI is InChI=1S/C16H19F3N2O/c1-2-15(22)21-8-4-7-14(11-21)20-10-12-5-3-6-13(9-12)16(17,18)19/h2-3,5-6,9,14,20H,1,4,7-8,10-11H2. The molecule has 6 heteroatoms. The van der Waals surface area contributed by atoms with Gasteiger partial charge >= 0.3 is 6.18 Å². The van der Waals surface area contributed by atoms with Crippen molar-refractivity contribution in [1.82, 2.24) is 10.2 Å². The number of likely N-dealkylation sites (tertiary alicyclic amines) is 1. The molecule has 1 aliphatic rings. The Hall–Kier alpha value is -1.82. The van der Waals surface area contributed by atoms with Crippen molar-refractivity contribution in [1.29, 1.82) is 0 Å². The van der Waals surface area contributed by atoms with Crippen molar-refractivity contribution in [3.8, 4) is 0 Å². The monoisotopic (exact) mass is 312 g/mol. The predicted molar refractivity (Wildman–Crippen MR) is 78.1 cm³/mol. The third kappa shape index (κ3) is 4.34. The Labute approximate surface area is 127 Å². The molecule has 1 unspecified atom stereocenters. The van der Waals surface area contributed by atoms with E-state index in [1.54, 1.807) is 11.0 Å². The van der Waals surface area contributed by atoms with E-state index in [4.69, 9.17) is 0 Å². The number of hydrogen-bond acceptors (Lipinski definition) is 2. The quantitative estimate of drug-likeness (QED) is 0.867. The maximum atomic E-state index is 12.7. The van der Waals surface area contributed by atoms with Crippen LogP contribution in [0.4, 0.5) is 13.2 Å². The zero-order valence-electron chi connectivity index (χ0n) is 12.2. The second-order valence-corrected chi connectivity index (χ2v) is 5.41. The third-order valence-corrected chi connectivity index (χ3v) is 3.76. The summed E-state index contributed by atoms with van der Waals surface area (Å²) in [4.78, 5) is 13.3. The number of alkyl halides is 3. The summed E-state index contributed by atoms with van der Waals surface area (Å²) >= 11 is 0. The smallest absolute Gasteiger partial charge is 0.338 e. The van der Waals surface area contributed by atoms with E-state index in [0.29, 0.717) is 25.2 Å². The van der Waals surface area contributed by atoms with Crippen LogP contribution in [0.25, 0.3) is 0 Å². The van der Waals surface area contributed by atoms with Crippen LogP contribution in [0.15, 0.2) is 36.9 Å². The fourth-order valence-electron chi connectivity index (χ4n) is 2.59. The van der Waals surface area contributed by atoms with Crippen LogP contribution >= 0.6 is 0 Å². The minimum atomic E-state index is -4.33. The third-order valence-electron chi connectivity index (χ3n) is 3.76. The summed E-state index contributed by atoms with van der Waals surface area (Å²) in [6, 6.07) is 5.38. The second kappa shape index (κ2) is 6.96. The van der Waals surface area contributed by atoms with E-state index in [1.165, 1.54) is 12.1 Å². The highest BCUT2D eigenvalue weighted by molar-refractivity contribution is 5.87. The zero-order chi connectivity index (χ0) is 16.2. The number of nitrogens with one attached hydrogen (secondary N) is 1. The maximum absolute atomic E-state index is 12.7. The van der Waals surface area contributed by atoms with E-state index in [2.05, 4.69) is 11.9 Å². The Morgan fingerprint density at radius 3 is 2.91 bits per heavy atom. The van der Waals surface area contributed by atoms with Gasteiger partial charge in [-0.3, -0.25) is 4.79 Å². The number of halogens is 3. The fraction of sp³-hybridized carbons (Fsp3) is 0.438. The number of nitrogens with zero attached hydrogens (tertiary/aromatic N) is 1. The van der Waals surface area contributed by atoms with Gasteiger partial charge in [0.2, 0.25) is 5.91 Å². The van der Waals surface area contributed by atoms with Crippen LogP contribution in [0.2, 0.25) is 0 Å². The highest BCUT2D eigenvalue weighted by atomic mass is 19.4. The van der Waals surface area contributed by atoms with Gasteiger partial charge in [0, 0.05) is 25.7 Å². The van der Waals surface area contributed by atoms with Gasteiger partial charge in [0.05, 0.1) is 5.56 Å². The molecule has 1 amide bonds. The maximum Gasteiger partial charge on any atom is 0.416 e.